The van der Waals surface area contributed by atoms with E-state index in [1.807, 2.05) is 24.3 Å². The Kier molecular flexibility index (Phi) is 5.89. The fraction of sp³-hybridized carbons (Fsp3) is 0.400. The van der Waals surface area contributed by atoms with Gasteiger partial charge in [-0.05, 0) is 42.5 Å². The maximum absolute atomic E-state index is 11.6. The predicted molar refractivity (Wildman–Crippen MR) is 79.8 cm³/mol. The van der Waals surface area contributed by atoms with Gasteiger partial charge in [0.25, 0.3) is 0 Å². The molecule has 108 valence electrons. The van der Waals surface area contributed by atoms with Crippen LogP contribution in [0.15, 0.2) is 36.0 Å². The predicted octanol–water partition coefficient (Wildman–Crippen LogP) is 2.88. The second-order valence-electron chi connectivity index (χ2n) is 4.70. The molecule has 0 spiro atoms. The molecule has 1 saturated heterocycles. The Morgan fingerprint density at radius 2 is 2.15 bits per heavy atom. The Hall–Kier alpha value is -1.52. The van der Waals surface area contributed by atoms with Crippen LogP contribution in [-0.4, -0.2) is 25.8 Å². The van der Waals surface area contributed by atoms with Crippen molar-refractivity contribution in [1.82, 2.24) is 10.6 Å². The van der Waals surface area contributed by atoms with Gasteiger partial charge in [0.05, 0.1) is 13.2 Å². The third kappa shape index (κ3) is 5.23. The summed E-state index contributed by atoms with van der Waals surface area (Å²) < 4.78 is 5.25. The highest BCUT2D eigenvalue weighted by atomic mass is 35.5. The minimum atomic E-state index is -0.175. The van der Waals surface area contributed by atoms with E-state index in [4.69, 9.17) is 16.3 Å². The molecule has 1 aromatic rings. The molecule has 1 aliphatic rings. The zero-order chi connectivity index (χ0) is 14.2. The van der Waals surface area contributed by atoms with Crippen LogP contribution in [0.1, 0.15) is 18.4 Å². The molecule has 0 aromatic heterocycles. The Bertz CT molecular complexity index is 481. The van der Waals surface area contributed by atoms with Crippen molar-refractivity contribution in [2.45, 2.75) is 19.3 Å². The molecule has 0 bridgehead atoms. The van der Waals surface area contributed by atoms with Gasteiger partial charge in [-0.1, -0.05) is 23.7 Å². The smallest absolute Gasteiger partial charge is 0.318 e. The van der Waals surface area contributed by atoms with Crippen LogP contribution in [0.5, 0.6) is 0 Å². The Morgan fingerprint density at radius 3 is 2.90 bits per heavy atom. The van der Waals surface area contributed by atoms with E-state index in [1.54, 1.807) is 6.20 Å². The van der Waals surface area contributed by atoms with Crippen LogP contribution in [-0.2, 0) is 11.2 Å². The molecule has 0 radical (unpaired) electrons. The van der Waals surface area contributed by atoms with Gasteiger partial charge in [-0.3, -0.25) is 0 Å². The maximum Gasteiger partial charge on any atom is 0.318 e. The zero-order valence-corrected chi connectivity index (χ0v) is 12.1. The number of ether oxygens (including phenoxy) is 1. The normalized spacial score (nSPS) is 14.8. The highest BCUT2D eigenvalue weighted by molar-refractivity contribution is 6.30. The maximum atomic E-state index is 11.6. The largest absolute Gasteiger partial charge is 0.381 e. The first-order valence-corrected chi connectivity index (χ1v) is 7.16. The van der Waals surface area contributed by atoms with E-state index in [0.717, 1.165) is 43.1 Å². The summed E-state index contributed by atoms with van der Waals surface area (Å²) in [6, 6.07) is 7.48. The Balaban J connectivity index is 1.67. The molecule has 1 fully saturated rings. The number of urea groups is 1. The van der Waals surface area contributed by atoms with Crippen molar-refractivity contribution < 1.29 is 9.53 Å². The van der Waals surface area contributed by atoms with Crippen molar-refractivity contribution in [2.24, 2.45) is 0 Å². The van der Waals surface area contributed by atoms with E-state index in [0.29, 0.717) is 6.54 Å². The highest BCUT2D eigenvalue weighted by Crippen LogP contribution is 2.12. The number of benzene rings is 1. The molecule has 0 saturated carbocycles. The third-order valence-corrected chi connectivity index (χ3v) is 3.37. The average molecular weight is 295 g/mol. The first-order valence-electron chi connectivity index (χ1n) is 6.78. The first kappa shape index (κ1) is 14.9. The molecular weight excluding hydrogens is 276 g/mol. The summed E-state index contributed by atoms with van der Waals surface area (Å²) in [5.74, 6) is 0. The summed E-state index contributed by atoms with van der Waals surface area (Å²) in [6.45, 7) is 2.06. The molecule has 2 amide bonds. The summed E-state index contributed by atoms with van der Waals surface area (Å²) in [5, 5.41) is 6.30. The number of carbonyl (C=O) groups is 1. The lowest BCUT2D eigenvalue weighted by Gasteiger charge is -2.14. The third-order valence-electron chi connectivity index (χ3n) is 3.13. The molecule has 2 rings (SSSR count). The van der Waals surface area contributed by atoms with E-state index in [2.05, 4.69) is 10.6 Å². The number of amides is 2. The van der Waals surface area contributed by atoms with E-state index in [1.165, 1.54) is 5.57 Å². The summed E-state index contributed by atoms with van der Waals surface area (Å²) in [4.78, 5) is 11.6. The van der Waals surface area contributed by atoms with Crippen molar-refractivity contribution >= 4 is 17.6 Å². The second kappa shape index (κ2) is 7.92. The van der Waals surface area contributed by atoms with Gasteiger partial charge >= 0.3 is 6.03 Å². The molecule has 0 aliphatic carbocycles. The van der Waals surface area contributed by atoms with Crippen molar-refractivity contribution in [3.05, 3.63) is 46.6 Å². The number of halogens is 1. The van der Waals surface area contributed by atoms with E-state index < -0.39 is 0 Å². The molecule has 1 aromatic carbocycles. The van der Waals surface area contributed by atoms with Gasteiger partial charge in [0.1, 0.15) is 0 Å². The van der Waals surface area contributed by atoms with Crippen LogP contribution in [0.2, 0.25) is 5.02 Å². The van der Waals surface area contributed by atoms with Gasteiger partial charge in [0, 0.05) is 17.8 Å². The van der Waals surface area contributed by atoms with Crippen molar-refractivity contribution in [2.75, 3.05) is 19.8 Å². The zero-order valence-electron chi connectivity index (χ0n) is 11.3. The van der Waals surface area contributed by atoms with Gasteiger partial charge in [-0.25, -0.2) is 4.79 Å². The van der Waals surface area contributed by atoms with Crippen molar-refractivity contribution in [3.63, 3.8) is 0 Å². The lowest BCUT2D eigenvalue weighted by Crippen LogP contribution is -2.34. The molecule has 20 heavy (non-hydrogen) atoms. The number of nitrogens with one attached hydrogen (secondary N) is 2. The van der Waals surface area contributed by atoms with Gasteiger partial charge in [0.2, 0.25) is 0 Å². The number of hydrogen-bond donors (Lipinski definition) is 2. The molecule has 0 unspecified atom stereocenters. The lowest BCUT2D eigenvalue weighted by molar-refractivity contribution is 0.119. The van der Waals surface area contributed by atoms with Gasteiger partial charge in [-0.15, -0.1) is 0 Å². The van der Waals surface area contributed by atoms with Crippen LogP contribution >= 0.6 is 11.6 Å². The van der Waals surface area contributed by atoms with E-state index in [9.17, 15) is 4.79 Å². The Morgan fingerprint density at radius 1 is 1.35 bits per heavy atom. The molecule has 5 heteroatoms. The van der Waals surface area contributed by atoms with Gasteiger partial charge in [-0.2, -0.15) is 0 Å². The van der Waals surface area contributed by atoms with Crippen molar-refractivity contribution in [3.8, 4) is 0 Å². The van der Waals surface area contributed by atoms with Crippen LogP contribution in [0.25, 0.3) is 0 Å². The summed E-state index contributed by atoms with van der Waals surface area (Å²) in [7, 11) is 0. The molecule has 4 nitrogen and oxygen atoms in total. The summed E-state index contributed by atoms with van der Waals surface area (Å²) in [6.07, 6.45) is 4.33. The monoisotopic (exact) mass is 294 g/mol. The fourth-order valence-electron chi connectivity index (χ4n) is 2.01. The number of rotatable bonds is 4. The minimum Gasteiger partial charge on any atom is -0.381 e. The Labute approximate surface area is 124 Å². The van der Waals surface area contributed by atoms with Crippen LogP contribution < -0.4 is 10.6 Å². The molecule has 0 atom stereocenters. The molecule has 2 N–H and O–H groups in total. The lowest BCUT2D eigenvalue weighted by atomic mass is 10.1. The average Bonchev–Trinajstić information content (AvgIpc) is 2.46. The second-order valence-corrected chi connectivity index (χ2v) is 5.13. The van der Waals surface area contributed by atoms with Crippen LogP contribution in [0.4, 0.5) is 4.79 Å². The summed E-state index contributed by atoms with van der Waals surface area (Å²) in [5.41, 5.74) is 2.34. The summed E-state index contributed by atoms with van der Waals surface area (Å²) >= 11 is 5.90. The molecular formula is C15H19ClN2O2. The standard InChI is InChI=1S/C15H19ClN2O2/c16-14-3-1-2-12(10-14)4-7-17-15(19)18-11-13-5-8-20-9-6-13/h1-3,10-11H,4-9H2,(H2,17,18,19). The number of hydrogen-bond acceptors (Lipinski definition) is 2. The van der Waals surface area contributed by atoms with Crippen molar-refractivity contribution in [1.29, 1.82) is 0 Å². The first-order chi connectivity index (χ1) is 9.74. The minimum absolute atomic E-state index is 0.175. The number of carbonyl (C=O) groups excluding carboxylic acids is 1. The molecule has 1 heterocycles. The van der Waals surface area contributed by atoms with Crippen LogP contribution in [0, 0.1) is 0 Å². The van der Waals surface area contributed by atoms with Gasteiger partial charge < -0.3 is 15.4 Å². The van der Waals surface area contributed by atoms with Crippen LogP contribution in [0.3, 0.4) is 0 Å². The molecule has 1 aliphatic heterocycles. The van der Waals surface area contributed by atoms with Gasteiger partial charge in [0.15, 0.2) is 0 Å². The van der Waals surface area contributed by atoms with E-state index >= 15 is 0 Å². The quantitative estimate of drug-likeness (QED) is 0.897. The van der Waals surface area contributed by atoms with E-state index in [-0.39, 0.29) is 6.03 Å². The fourth-order valence-corrected chi connectivity index (χ4v) is 2.22. The topological polar surface area (TPSA) is 50.4 Å². The SMILES string of the molecule is O=C(NC=C1CCOCC1)NCCc1cccc(Cl)c1. The highest BCUT2D eigenvalue weighted by Gasteiger charge is 2.05.